The normalized spacial score (nSPS) is 11.2. The van der Waals surface area contributed by atoms with Crippen molar-refractivity contribution in [1.82, 2.24) is 0 Å². The first-order valence-corrected chi connectivity index (χ1v) is 9.33. The van der Waals surface area contributed by atoms with Crippen LogP contribution < -0.4 is 5.32 Å². The Bertz CT molecular complexity index is 1110. The summed E-state index contributed by atoms with van der Waals surface area (Å²) in [5.74, 6) is 0.0739. The van der Waals surface area contributed by atoms with E-state index >= 15 is 0 Å². The molecule has 1 N–H and O–H groups in total. The molecule has 0 spiro atoms. The van der Waals surface area contributed by atoms with Crippen molar-refractivity contribution in [2.75, 3.05) is 5.32 Å². The van der Waals surface area contributed by atoms with Gasteiger partial charge in [0.2, 0.25) is 0 Å². The summed E-state index contributed by atoms with van der Waals surface area (Å²) in [4.78, 5) is 12.4. The summed E-state index contributed by atoms with van der Waals surface area (Å²) in [6.45, 7) is 0. The topological polar surface area (TPSA) is 66.0 Å². The third-order valence-electron chi connectivity index (χ3n) is 3.70. The van der Waals surface area contributed by atoms with Crippen LogP contribution in [0.3, 0.4) is 0 Å². The lowest BCUT2D eigenvalue weighted by Crippen LogP contribution is -2.14. The highest BCUT2D eigenvalue weighted by Gasteiger charge is 2.15. The second-order valence-corrected chi connectivity index (χ2v) is 7.12. The van der Waals surface area contributed by atoms with Gasteiger partial charge in [0.25, 0.3) is 5.91 Å². The molecule has 0 atom stereocenters. The van der Waals surface area contributed by atoms with Crippen LogP contribution in [0.5, 0.6) is 0 Å². The van der Waals surface area contributed by atoms with E-state index in [2.05, 4.69) is 5.32 Å². The Hall–Kier alpha value is -2.42. The molecule has 1 aromatic heterocycles. The maximum absolute atomic E-state index is 12.4. The number of halogens is 4. The van der Waals surface area contributed by atoms with Gasteiger partial charge in [-0.1, -0.05) is 58.5 Å². The molecule has 0 fully saturated rings. The fourth-order valence-corrected chi connectivity index (χ4v) is 3.24. The van der Waals surface area contributed by atoms with Gasteiger partial charge in [0.15, 0.2) is 0 Å². The van der Waals surface area contributed by atoms with E-state index in [1.165, 1.54) is 6.08 Å². The number of benzene rings is 2. The van der Waals surface area contributed by atoms with E-state index in [-0.39, 0.29) is 21.3 Å². The number of anilines is 1. The van der Waals surface area contributed by atoms with E-state index in [9.17, 15) is 10.1 Å². The number of hydrogen-bond donors (Lipinski definition) is 1. The Kier molecular flexibility index (Phi) is 6.33. The Morgan fingerprint density at radius 1 is 0.964 bits per heavy atom. The Morgan fingerprint density at radius 3 is 2.29 bits per heavy atom. The number of furan rings is 1. The van der Waals surface area contributed by atoms with Crippen LogP contribution in [0.4, 0.5) is 5.69 Å². The van der Waals surface area contributed by atoms with Crippen LogP contribution in [-0.4, -0.2) is 5.91 Å². The third kappa shape index (κ3) is 4.35. The minimum atomic E-state index is -0.670. The summed E-state index contributed by atoms with van der Waals surface area (Å²) in [5, 5.41) is 13.1. The van der Waals surface area contributed by atoms with Crippen LogP contribution in [0.15, 0.2) is 58.5 Å². The number of hydrogen-bond acceptors (Lipinski definition) is 3. The fourth-order valence-electron chi connectivity index (χ4n) is 2.36. The van der Waals surface area contributed by atoms with Crippen molar-refractivity contribution in [3.05, 3.63) is 80.0 Å². The molecule has 2 aromatic carbocycles. The lowest BCUT2D eigenvalue weighted by atomic mass is 10.2. The number of carbonyl (C=O) groups is 1. The molecule has 0 aliphatic rings. The molecule has 1 amide bonds. The fraction of sp³-hybridized carbons (Fsp3) is 0. The molecule has 28 heavy (non-hydrogen) atoms. The quantitative estimate of drug-likeness (QED) is 0.339. The maximum Gasteiger partial charge on any atom is 0.266 e. The first kappa shape index (κ1) is 20.3. The van der Waals surface area contributed by atoms with Gasteiger partial charge in [0, 0.05) is 11.6 Å². The van der Waals surface area contributed by atoms with Crippen LogP contribution >= 0.6 is 46.4 Å². The Balaban J connectivity index is 1.87. The number of amides is 1. The molecule has 3 aromatic rings. The predicted octanol–water partition coefficient (Wildman–Crippen LogP) is 7.11. The van der Waals surface area contributed by atoms with Crippen molar-refractivity contribution in [3.8, 4) is 17.4 Å². The first-order chi connectivity index (χ1) is 13.4. The smallest absolute Gasteiger partial charge is 0.266 e. The molecule has 4 nitrogen and oxygen atoms in total. The Labute approximate surface area is 180 Å². The van der Waals surface area contributed by atoms with Crippen molar-refractivity contribution in [2.45, 2.75) is 0 Å². The molecule has 0 radical (unpaired) electrons. The van der Waals surface area contributed by atoms with Gasteiger partial charge in [-0.3, -0.25) is 4.79 Å². The van der Waals surface area contributed by atoms with Gasteiger partial charge in [0.05, 0.1) is 25.8 Å². The summed E-state index contributed by atoms with van der Waals surface area (Å²) >= 11 is 24.3. The lowest BCUT2D eigenvalue weighted by molar-refractivity contribution is -0.112. The van der Waals surface area contributed by atoms with E-state index in [4.69, 9.17) is 50.8 Å². The van der Waals surface area contributed by atoms with Crippen LogP contribution in [0.1, 0.15) is 5.76 Å². The average Bonchev–Trinajstić information content (AvgIpc) is 3.13. The first-order valence-electron chi connectivity index (χ1n) is 7.82. The predicted molar refractivity (Wildman–Crippen MR) is 113 cm³/mol. The highest BCUT2D eigenvalue weighted by Crippen LogP contribution is 2.35. The molecule has 0 saturated carbocycles. The van der Waals surface area contributed by atoms with Crippen LogP contribution in [0.2, 0.25) is 20.1 Å². The van der Waals surface area contributed by atoms with Crippen molar-refractivity contribution in [2.24, 2.45) is 0 Å². The second-order valence-electron chi connectivity index (χ2n) is 5.52. The molecule has 0 saturated heterocycles. The van der Waals surface area contributed by atoms with Crippen molar-refractivity contribution >= 4 is 64.1 Å². The standard InChI is InChI=1S/C20H10Cl4N2O2/c21-14-4-1-3-13(18(14)24)17-8-7-12(28-17)9-11(10-25)20(27)26-19-15(22)5-2-6-16(19)23/h1-9H,(H,26,27)/b11-9+. The molecule has 0 unspecified atom stereocenters. The zero-order chi connectivity index (χ0) is 20.3. The van der Waals surface area contributed by atoms with Gasteiger partial charge in [-0.15, -0.1) is 0 Å². The molecule has 0 aliphatic carbocycles. The van der Waals surface area contributed by atoms with Crippen molar-refractivity contribution in [3.63, 3.8) is 0 Å². The monoisotopic (exact) mass is 450 g/mol. The number of rotatable bonds is 4. The van der Waals surface area contributed by atoms with Gasteiger partial charge >= 0.3 is 0 Å². The number of carbonyl (C=O) groups excluding carboxylic acids is 1. The summed E-state index contributed by atoms with van der Waals surface area (Å²) < 4.78 is 5.68. The minimum absolute atomic E-state index is 0.186. The van der Waals surface area contributed by atoms with Crippen molar-refractivity contribution in [1.29, 1.82) is 5.26 Å². The van der Waals surface area contributed by atoms with Gasteiger partial charge in [-0.2, -0.15) is 5.26 Å². The van der Waals surface area contributed by atoms with Gasteiger partial charge < -0.3 is 9.73 Å². The van der Waals surface area contributed by atoms with Crippen LogP contribution in [0.25, 0.3) is 17.4 Å². The van der Waals surface area contributed by atoms with Gasteiger partial charge in [-0.25, -0.2) is 0 Å². The van der Waals surface area contributed by atoms with E-state index < -0.39 is 5.91 Å². The molecule has 8 heteroatoms. The minimum Gasteiger partial charge on any atom is -0.457 e. The molecular weight excluding hydrogens is 442 g/mol. The summed E-state index contributed by atoms with van der Waals surface area (Å²) in [6.07, 6.45) is 1.31. The number of para-hydroxylation sites is 1. The largest absolute Gasteiger partial charge is 0.457 e. The van der Waals surface area contributed by atoms with Crippen LogP contribution in [-0.2, 0) is 4.79 Å². The maximum atomic E-state index is 12.4. The molecule has 0 bridgehead atoms. The summed E-state index contributed by atoms with van der Waals surface area (Å²) in [7, 11) is 0. The Morgan fingerprint density at radius 2 is 1.61 bits per heavy atom. The van der Waals surface area contributed by atoms with Crippen molar-refractivity contribution < 1.29 is 9.21 Å². The molecular formula is C20H10Cl4N2O2. The average molecular weight is 452 g/mol. The van der Waals surface area contributed by atoms with Crippen LogP contribution in [0, 0.1) is 11.3 Å². The zero-order valence-corrected chi connectivity index (χ0v) is 17.0. The highest BCUT2D eigenvalue weighted by molar-refractivity contribution is 6.43. The molecule has 140 valence electrons. The summed E-state index contributed by atoms with van der Waals surface area (Å²) in [6, 6.07) is 15.1. The van der Waals surface area contributed by atoms with Gasteiger partial charge in [-0.05, 0) is 36.4 Å². The number of nitrogens with one attached hydrogen (secondary N) is 1. The number of nitrogens with zero attached hydrogens (tertiary/aromatic N) is 1. The van der Waals surface area contributed by atoms with Gasteiger partial charge in [0.1, 0.15) is 23.2 Å². The van der Waals surface area contributed by atoms with E-state index in [0.29, 0.717) is 27.1 Å². The third-order valence-corrected chi connectivity index (χ3v) is 5.15. The summed E-state index contributed by atoms with van der Waals surface area (Å²) in [5.41, 5.74) is 0.636. The second kappa shape index (κ2) is 8.72. The molecule has 1 heterocycles. The van der Waals surface area contributed by atoms with E-state index in [0.717, 1.165) is 0 Å². The zero-order valence-electron chi connectivity index (χ0n) is 14.0. The lowest BCUT2D eigenvalue weighted by Gasteiger charge is -2.08. The molecule has 3 rings (SSSR count). The van der Waals surface area contributed by atoms with E-state index in [1.807, 2.05) is 6.07 Å². The molecule has 0 aliphatic heterocycles. The number of nitriles is 1. The SMILES string of the molecule is N#C/C(=C\c1ccc(-c2cccc(Cl)c2Cl)o1)C(=O)Nc1c(Cl)cccc1Cl. The van der Waals surface area contributed by atoms with E-state index in [1.54, 1.807) is 48.5 Å². The highest BCUT2D eigenvalue weighted by atomic mass is 35.5.